The number of hydrogen-bond acceptors (Lipinski definition) is 3. The fourth-order valence-electron chi connectivity index (χ4n) is 2.67. The van der Waals surface area contributed by atoms with Crippen molar-refractivity contribution in [2.45, 2.75) is 0 Å². The Morgan fingerprint density at radius 2 is 1.81 bits per heavy atom. The Morgan fingerprint density at radius 3 is 2.48 bits per heavy atom. The smallest absolute Gasteiger partial charge is 0.254 e. The fraction of sp³-hybridized carbons (Fsp3) is 0.375. The highest BCUT2D eigenvalue weighted by atomic mass is 16.2. The van der Waals surface area contributed by atoms with Crippen LogP contribution in [-0.4, -0.2) is 58.5 Å². The SMILES string of the molecule is CN1CCN(C(=O)c2ccccc2-c2nccn2C)CC1. The molecule has 0 aliphatic carbocycles. The van der Waals surface area contributed by atoms with Gasteiger partial charge in [-0.1, -0.05) is 18.2 Å². The predicted molar refractivity (Wildman–Crippen MR) is 82.0 cm³/mol. The summed E-state index contributed by atoms with van der Waals surface area (Å²) in [7, 11) is 4.03. The zero-order valence-electron chi connectivity index (χ0n) is 12.5. The third-order valence-electron chi connectivity index (χ3n) is 4.01. The number of amides is 1. The summed E-state index contributed by atoms with van der Waals surface area (Å²) in [6, 6.07) is 7.72. The minimum atomic E-state index is 0.0988. The van der Waals surface area contributed by atoms with E-state index < -0.39 is 0 Å². The Kier molecular flexibility index (Phi) is 3.75. The van der Waals surface area contributed by atoms with Gasteiger partial charge in [0.2, 0.25) is 0 Å². The van der Waals surface area contributed by atoms with Crippen LogP contribution in [0.2, 0.25) is 0 Å². The Bertz CT molecular complexity index is 641. The second-order valence-corrected chi connectivity index (χ2v) is 5.50. The summed E-state index contributed by atoms with van der Waals surface area (Å²) in [4.78, 5) is 21.4. The van der Waals surface area contributed by atoms with Crippen LogP contribution >= 0.6 is 0 Å². The van der Waals surface area contributed by atoms with Crippen LogP contribution in [0.15, 0.2) is 36.7 Å². The van der Waals surface area contributed by atoms with Gasteiger partial charge in [-0.05, 0) is 13.1 Å². The van der Waals surface area contributed by atoms with Gasteiger partial charge in [0.1, 0.15) is 5.82 Å². The monoisotopic (exact) mass is 284 g/mol. The first-order valence-electron chi connectivity index (χ1n) is 7.21. The van der Waals surface area contributed by atoms with Gasteiger partial charge in [-0.3, -0.25) is 4.79 Å². The van der Waals surface area contributed by atoms with Crippen molar-refractivity contribution in [3.8, 4) is 11.4 Å². The number of piperazine rings is 1. The molecule has 0 N–H and O–H groups in total. The lowest BCUT2D eigenvalue weighted by molar-refractivity contribution is 0.0665. The number of imidazole rings is 1. The number of likely N-dealkylation sites (N-methyl/N-ethyl adjacent to an activating group) is 1. The van der Waals surface area contributed by atoms with E-state index in [0.29, 0.717) is 0 Å². The molecule has 1 aromatic carbocycles. The summed E-state index contributed by atoms with van der Waals surface area (Å²) in [5.41, 5.74) is 1.63. The molecule has 0 unspecified atom stereocenters. The zero-order chi connectivity index (χ0) is 14.8. The van der Waals surface area contributed by atoms with E-state index in [0.717, 1.165) is 43.1 Å². The molecule has 0 saturated carbocycles. The molecule has 110 valence electrons. The molecular formula is C16H20N4O. The average Bonchev–Trinajstić information content (AvgIpc) is 2.93. The van der Waals surface area contributed by atoms with Crippen LogP contribution in [-0.2, 0) is 7.05 Å². The second kappa shape index (κ2) is 5.69. The topological polar surface area (TPSA) is 41.4 Å². The number of carbonyl (C=O) groups excluding carboxylic acids is 1. The van der Waals surface area contributed by atoms with Crippen LogP contribution in [0.25, 0.3) is 11.4 Å². The third-order valence-corrected chi connectivity index (χ3v) is 4.01. The number of hydrogen-bond donors (Lipinski definition) is 0. The third kappa shape index (κ3) is 2.69. The number of carbonyl (C=O) groups is 1. The summed E-state index contributed by atoms with van der Waals surface area (Å²) >= 11 is 0. The maximum atomic E-state index is 12.8. The molecule has 1 saturated heterocycles. The van der Waals surface area contributed by atoms with Crippen molar-refractivity contribution in [1.82, 2.24) is 19.4 Å². The summed E-state index contributed by atoms with van der Waals surface area (Å²) in [5, 5.41) is 0. The van der Waals surface area contributed by atoms with Gasteiger partial charge in [0.25, 0.3) is 5.91 Å². The lowest BCUT2D eigenvalue weighted by Gasteiger charge is -2.32. The highest BCUT2D eigenvalue weighted by Gasteiger charge is 2.23. The highest BCUT2D eigenvalue weighted by molar-refractivity contribution is 6.00. The Balaban J connectivity index is 1.92. The molecule has 1 aliphatic rings. The molecule has 0 bridgehead atoms. The van der Waals surface area contributed by atoms with Crippen LogP contribution in [0.3, 0.4) is 0 Å². The number of rotatable bonds is 2. The lowest BCUT2D eigenvalue weighted by Crippen LogP contribution is -2.47. The second-order valence-electron chi connectivity index (χ2n) is 5.50. The van der Waals surface area contributed by atoms with Crippen molar-refractivity contribution in [2.75, 3.05) is 33.2 Å². The van der Waals surface area contributed by atoms with Crippen molar-refractivity contribution >= 4 is 5.91 Å². The van der Waals surface area contributed by atoms with E-state index in [1.807, 2.05) is 47.0 Å². The number of benzene rings is 1. The predicted octanol–water partition coefficient (Wildman–Crippen LogP) is 1.47. The first kappa shape index (κ1) is 13.8. The molecule has 1 fully saturated rings. The van der Waals surface area contributed by atoms with Gasteiger partial charge in [-0.15, -0.1) is 0 Å². The number of aryl methyl sites for hydroxylation is 1. The minimum absolute atomic E-state index is 0.0988. The van der Waals surface area contributed by atoms with Crippen LogP contribution in [0.1, 0.15) is 10.4 Å². The minimum Gasteiger partial charge on any atom is -0.336 e. The van der Waals surface area contributed by atoms with Gasteiger partial charge in [-0.25, -0.2) is 4.98 Å². The van der Waals surface area contributed by atoms with Gasteiger partial charge >= 0.3 is 0 Å². The van der Waals surface area contributed by atoms with Crippen molar-refractivity contribution < 1.29 is 4.79 Å². The molecule has 3 rings (SSSR count). The normalized spacial score (nSPS) is 16.2. The largest absolute Gasteiger partial charge is 0.336 e. The van der Waals surface area contributed by atoms with E-state index in [4.69, 9.17) is 0 Å². The number of aromatic nitrogens is 2. The maximum Gasteiger partial charge on any atom is 0.254 e. The van der Waals surface area contributed by atoms with Gasteiger partial charge < -0.3 is 14.4 Å². The quantitative estimate of drug-likeness (QED) is 0.838. The molecule has 1 aliphatic heterocycles. The first-order chi connectivity index (χ1) is 10.2. The van der Waals surface area contributed by atoms with E-state index in [9.17, 15) is 4.79 Å². The summed E-state index contributed by atoms with van der Waals surface area (Å²) < 4.78 is 1.94. The first-order valence-corrected chi connectivity index (χ1v) is 7.21. The molecule has 5 nitrogen and oxygen atoms in total. The number of nitrogens with zero attached hydrogens (tertiary/aromatic N) is 4. The summed E-state index contributed by atoms with van der Waals surface area (Å²) in [5.74, 6) is 0.926. The standard InChI is InChI=1S/C16H20N4O/c1-18-9-11-20(12-10-18)16(21)14-6-4-3-5-13(14)15-17-7-8-19(15)2/h3-8H,9-12H2,1-2H3. The van der Waals surface area contributed by atoms with Gasteiger partial charge in [0, 0.05) is 51.2 Å². The molecule has 2 heterocycles. The van der Waals surface area contributed by atoms with E-state index in [1.54, 1.807) is 6.20 Å². The van der Waals surface area contributed by atoms with Crippen molar-refractivity contribution in [3.63, 3.8) is 0 Å². The van der Waals surface area contributed by atoms with Gasteiger partial charge in [-0.2, -0.15) is 0 Å². The zero-order valence-corrected chi connectivity index (χ0v) is 12.5. The van der Waals surface area contributed by atoms with E-state index >= 15 is 0 Å². The maximum absolute atomic E-state index is 12.8. The summed E-state index contributed by atoms with van der Waals surface area (Å²) in [6.07, 6.45) is 3.65. The van der Waals surface area contributed by atoms with E-state index in [-0.39, 0.29) is 5.91 Å². The molecule has 5 heteroatoms. The Morgan fingerprint density at radius 1 is 1.10 bits per heavy atom. The van der Waals surface area contributed by atoms with Gasteiger partial charge in [0.15, 0.2) is 0 Å². The van der Waals surface area contributed by atoms with Crippen molar-refractivity contribution in [2.24, 2.45) is 7.05 Å². The average molecular weight is 284 g/mol. The molecule has 1 amide bonds. The lowest BCUT2D eigenvalue weighted by atomic mass is 10.1. The van der Waals surface area contributed by atoms with Crippen molar-refractivity contribution in [3.05, 3.63) is 42.2 Å². The van der Waals surface area contributed by atoms with E-state index in [1.165, 1.54) is 0 Å². The molecule has 0 atom stereocenters. The fourth-order valence-corrected chi connectivity index (χ4v) is 2.67. The highest BCUT2D eigenvalue weighted by Crippen LogP contribution is 2.23. The van der Waals surface area contributed by atoms with Crippen molar-refractivity contribution in [1.29, 1.82) is 0 Å². The van der Waals surface area contributed by atoms with Gasteiger partial charge in [0.05, 0.1) is 5.56 Å². The van der Waals surface area contributed by atoms with E-state index in [2.05, 4.69) is 16.9 Å². The van der Waals surface area contributed by atoms with Crippen LogP contribution < -0.4 is 0 Å². The Labute approximate surface area is 124 Å². The van der Waals surface area contributed by atoms with Crippen LogP contribution in [0, 0.1) is 0 Å². The molecule has 2 aromatic rings. The van der Waals surface area contributed by atoms with Crippen LogP contribution in [0.5, 0.6) is 0 Å². The summed E-state index contributed by atoms with van der Waals surface area (Å²) in [6.45, 7) is 3.42. The molecule has 0 spiro atoms. The van der Waals surface area contributed by atoms with Crippen LogP contribution in [0.4, 0.5) is 0 Å². The molecular weight excluding hydrogens is 264 g/mol. The Hall–Kier alpha value is -2.14. The molecule has 0 radical (unpaired) electrons. The molecule has 1 aromatic heterocycles. The molecule has 21 heavy (non-hydrogen) atoms.